The summed E-state index contributed by atoms with van der Waals surface area (Å²) >= 11 is 0. The third-order valence-electron chi connectivity index (χ3n) is 6.82. The largest absolute Gasteiger partial charge is 0.366 e. The van der Waals surface area contributed by atoms with Crippen molar-refractivity contribution in [3.63, 3.8) is 0 Å². The van der Waals surface area contributed by atoms with Crippen molar-refractivity contribution in [2.24, 2.45) is 0 Å². The second-order valence-corrected chi connectivity index (χ2v) is 11.7. The maximum absolute atomic E-state index is 14.2. The predicted octanol–water partition coefficient (Wildman–Crippen LogP) is 4.60. The zero-order valence-electron chi connectivity index (χ0n) is 21.9. The van der Waals surface area contributed by atoms with Gasteiger partial charge in [-0.05, 0) is 56.5 Å². The number of halogens is 1. The molecule has 1 aliphatic rings. The number of carbonyl (C=O) groups excluding carboxylic acids is 1. The summed E-state index contributed by atoms with van der Waals surface area (Å²) in [5.41, 5.74) is 4.72. The molecule has 0 spiro atoms. The summed E-state index contributed by atoms with van der Waals surface area (Å²) in [6, 6.07) is 18.0. The van der Waals surface area contributed by atoms with Crippen molar-refractivity contribution in [1.29, 1.82) is 0 Å². The number of aryl methyl sites for hydroxylation is 4. The topological polar surface area (TPSA) is 60.9 Å². The molecule has 1 aliphatic heterocycles. The lowest BCUT2D eigenvalue weighted by Crippen LogP contribution is -2.52. The lowest BCUT2D eigenvalue weighted by Gasteiger charge is -2.37. The van der Waals surface area contributed by atoms with Crippen LogP contribution < -0.4 is 4.90 Å². The van der Waals surface area contributed by atoms with Gasteiger partial charge in [-0.2, -0.15) is 4.31 Å². The van der Waals surface area contributed by atoms with Crippen LogP contribution in [0.3, 0.4) is 0 Å². The van der Waals surface area contributed by atoms with E-state index in [1.54, 1.807) is 36.9 Å². The van der Waals surface area contributed by atoms with Crippen molar-refractivity contribution in [2.75, 3.05) is 37.6 Å². The third kappa shape index (κ3) is 6.02. The van der Waals surface area contributed by atoms with Gasteiger partial charge in [-0.3, -0.25) is 4.79 Å². The highest BCUT2D eigenvalue weighted by atomic mass is 32.2. The smallest absolute Gasteiger partial charge is 0.244 e. The van der Waals surface area contributed by atoms with Crippen molar-refractivity contribution < 1.29 is 17.6 Å². The van der Waals surface area contributed by atoms with Crippen LogP contribution in [-0.4, -0.2) is 56.3 Å². The van der Waals surface area contributed by atoms with Crippen LogP contribution in [0.15, 0.2) is 65.6 Å². The van der Waals surface area contributed by atoms with Crippen LogP contribution in [0.5, 0.6) is 0 Å². The maximum atomic E-state index is 14.2. The van der Waals surface area contributed by atoms with E-state index in [1.807, 2.05) is 55.1 Å². The molecule has 6 nitrogen and oxygen atoms in total. The summed E-state index contributed by atoms with van der Waals surface area (Å²) in [5, 5.41) is 0. The molecular weight excluding hydrogens is 489 g/mol. The Bertz CT molecular complexity index is 1360. The van der Waals surface area contributed by atoms with Gasteiger partial charge in [0.15, 0.2) is 0 Å². The average Bonchev–Trinajstić information content (AvgIpc) is 2.84. The Morgan fingerprint density at radius 2 is 1.46 bits per heavy atom. The van der Waals surface area contributed by atoms with Gasteiger partial charge < -0.3 is 9.80 Å². The van der Waals surface area contributed by atoms with Crippen LogP contribution >= 0.6 is 0 Å². The Kier molecular flexibility index (Phi) is 7.99. The second kappa shape index (κ2) is 11.0. The van der Waals surface area contributed by atoms with Crippen LogP contribution in [0.25, 0.3) is 0 Å². The molecule has 1 amide bonds. The Balaban J connectivity index is 1.56. The molecule has 1 saturated heterocycles. The van der Waals surface area contributed by atoms with Crippen molar-refractivity contribution in [2.45, 2.75) is 39.1 Å². The van der Waals surface area contributed by atoms with E-state index in [4.69, 9.17) is 0 Å². The summed E-state index contributed by atoms with van der Waals surface area (Å²) in [5.74, 6) is -0.548. The fourth-order valence-corrected chi connectivity index (χ4v) is 6.77. The number of carbonyl (C=O) groups is 1. The van der Waals surface area contributed by atoms with Crippen LogP contribution in [0.2, 0.25) is 0 Å². The minimum Gasteiger partial charge on any atom is -0.366 e. The first kappa shape index (κ1) is 26.8. The van der Waals surface area contributed by atoms with Gasteiger partial charge >= 0.3 is 0 Å². The van der Waals surface area contributed by atoms with E-state index in [-0.39, 0.29) is 29.7 Å². The lowest BCUT2D eigenvalue weighted by molar-refractivity contribution is -0.131. The van der Waals surface area contributed by atoms with E-state index in [9.17, 15) is 17.6 Å². The van der Waals surface area contributed by atoms with Crippen molar-refractivity contribution >= 4 is 21.6 Å². The molecule has 8 heteroatoms. The van der Waals surface area contributed by atoms with E-state index in [0.717, 1.165) is 16.7 Å². The number of hydrogen-bond donors (Lipinski definition) is 0. The van der Waals surface area contributed by atoms with Gasteiger partial charge in [0.25, 0.3) is 0 Å². The van der Waals surface area contributed by atoms with Gasteiger partial charge in [-0.1, -0.05) is 59.7 Å². The van der Waals surface area contributed by atoms with E-state index in [0.29, 0.717) is 43.0 Å². The first-order valence-corrected chi connectivity index (χ1v) is 13.9. The molecule has 1 heterocycles. The molecule has 4 rings (SSSR count). The molecule has 3 aromatic carbocycles. The lowest BCUT2D eigenvalue weighted by atomic mass is 10.1. The SMILES string of the molecule is Cc1ccc(CN(CC(=O)N2CCN(c3ccccc3F)CC2)S(=O)(=O)c2c(C)cc(C)cc2C)cc1. The number of benzene rings is 3. The first-order chi connectivity index (χ1) is 17.6. The second-order valence-electron chi connectivity index (χ2n) is 9.81. The van der Waals surface area contributed by atoms with E-state index in [2.05, 4.69) is 0 Å². The van der Waals surface area contributed by atoms with Gasteiger partial charge in [0.05, 0.1) is 17.1 Å². The summed E-state index contributed by atoms with van der Waals surface area (Å²) in [6.45, 7) is 9.08. The molecule has 0 bridgehead atoms. The number of rotatable bonds is 7. The highest BCUT2D eigenvalue weighted by Crippen LogP contribution is 2.27. The molecule has 0 aliphatic carbocycles. The monoisotopic (exact) mass is 523 g/mol. The minimum atomic E-state index is -3.95. The molecule has 0 saturated carbocycles. The van der Waals surface area contributed by atoms with Gasteiger partial charge in [0.1, 0.15) is 5.82 Å². The first-order valence-electron chi connectivity index (χ1n) is 12.5. The van der Waals surface area contributed by atoms with Gasteiger partial charge in [-0.15, -0.1) is 0 Å². The Morgan fingerprint density at radius 1 is 0.865 bits per heavy atom. The normalized spacial score (nSPS) is 14.3. The molecule has 196 valence electrons. The van der Waals surface area contributed by atoms with Gasteiger partial charge in [0, 0.05) is 32.7 Å². The summed E-state index contributed by atoms with van der Waals surface area (Å²) in [4.78, 5) is 17.2. The molecule has 0 aromatic heterocycles. The van der Waals surface area contributed by atoms with Crippen molar-refractivity contribution in [1.82, 2.24) is 9.21 Å². The van der Waals surface area contributed by atoms with E-state index >= 15 is 0 Å². The fraction of sp³-hybridized carbons (Fsp3) is 0.345. The van der Waals surface area contributed by atoms with Crippen LogP contribution in [0.4, 0.5) is 10.1 Å². The third-order valence-corrected chi connectivity index (χ3v) is 8.92. The van der Waals surface area contributed by atoms with Crippen molar-refractivity contribution in [3.8, 4) is 0 Å². The highest BCUT2D eigenvalue weighted by molar-refractivity contribution is 7.89. The zero-order valence-corrected chi connectivity index (χ0v) is 22.7. The molecule has 3 aromatic rings. The van der Waals surface area contributed by atoms with Gasteiger partial charge in [-0.25, -0.2) is 12.8 Å². The average molecular weight is 524 g/mol. The minimum absolute atomic E-state index is 0.0936. The maximum Gasteiger partial charge on any atom is 0.244 e. The summed E-state index contributed by atoms with van der Waals surface area (Å²) in [7, 11) is -3.95. The predicted molar refractivity (Wildman–Crippen MR) is 145 cm³/mol. The number of anilines is 1. The van der Waals surface area contributed by atoms with Gasteiger partial charge in [0.2, 0.25) is 15.9 Å². The number of sulfonamides is 1. The Hall–Kier alpha value is -3.23. The van der Waals surface area contributed by atoms with Crippen LogP contribution in [0, 0.1) is 33.5 Å². The van der Waals surface area contributed by atoms with Crippen molar-refractivity contribution in [3.05, 3.63) is 94.3 Å². The summed E-state index contributed by atoms with van der Waals surface area (Å²) in [6.07, 6.45) is 0. The number of hydrogen-bond acceptors (Lipinski definition) is 4. The van der Waals surface area contributed by atoms with Crippen LogP contribution in [0.1, 0.15) is 27.8 Å². The molecular formula is C29H34FN3O3S. The summed E-state index contributed by atoms with van der Waals surface area (Å²) < 4.78 is 43.4. The van der Waals surface area contributed by atoms with E-state index in [1.165, 1.54) is 10.4 Å². The zero-order chi connectivity index (χ0) is 26.7. The molecule has 1 fully saturated rings. The standard InChI is InChI=1S/C29H34FN3O3S/c1-21-9-11-25(12-10-21)19-33(37(35,36)29-23(3)17-22(2)18-24(29)4)20-28(34)32-15-13-31(14-16-32)27-8-6-5-7-26(27)30/h5-12,17-18H,13-16,19-20H2,1-4H3. The molecule has 0 atom stereocenters. The Labute approximate surface area is 219 Å². The highest BCUT2D eigenvalue weighted by Gasteiger charge is 2.32. The number of para-hydroxylation sites is 1. The quantitative estimate of drug-likeness (QED) is 0.454. The van der Waals surface area contributed by atoms with Crippen LogP contribution in [-0.2, 0) is 21.4 Å². The number of nitrogens with zero attached hydrogens (tertiary/aromatic N) is 3. The van der Waals surface area contributed by atoms with E-state index < -0.39 is 10.0 Å². The fourth-order valence-electron chi connectivity index (χ4n) is 4.98. The number of piperazine rings is 1. The molecule has 37 heavy (non-hydrogen) atoms. The Morgan fingerprint density at radius 3 is 2.05 bits per heavy atom. The number of amides is 1. The molecule has 0 N–H and O–H groups in total. The molecule has 0 radical (unpaired) electrons. The molecule has 0 unspecified atom stereocenters.